The maximum atomic E-state index is 11.5. The third-order valence-corrected chi connectivity index (χ3v) is 3.24. The number of hydrogen-bond donors (Lipinski definition) is 2. The maximum absolute atomic E-state index is 11.5. The van der Waals surface area contributed by atoms with Crippen LogP contribution in [-0.4, -0.2) is 23.7 Å². The van der Waals surface area contributed by atoms with Crippen molar-refractivity contribution in [2.24, 2.45) is 0 Å². The molecule has 0 aromatic carbocycles. The standard InChI is InChI=1S/C9H11Cl2NO2S/c1-5(13)2-3-12-9(14)6-4-7(10)15-8(6)11/h4-5,13H,2-3H2,1H3,(H,12,14). The molecule has 0 spiro atoms. The lowest BCUT2D eigenvalue weighted by atomic mass is 10.2. The van der Waals surface area contributed by atoms with E-state index in [1.54, 1.807) is 6.92 Å². The average molecular weight is 268 g/mol. The van der Waals surface area contributed by atoms with Gasteiger partial charge in [-0.3, -0.25) is 4.79 Å². The topological polar surface area (TPSA) is 49.3 Å². The molecule has 0 saturated heterocycles. The van der Waals surface area contributed by atoms with Crippen molar-refractivity contribution in [1.29, 1.82) is 0 Å². The van der Waals surface area contributed by atoms with E-state index in [2.05, 4.69) is 5.32 Å². The largest absolute Gasteiger partial charge is 0.393 e. The van der Waals surface area contributed by atoms with E-state index in [1.165, 1.54) is 6.07 Å². The van der Waals surface area contributed by atoms with E-state index in [1.807, 2.05) is 0 Å². The Kier molecular flexibility index (Phi) is 4.86. The average Bonchev–Trinajstić information content (AvgIpc) is 2.44. The van der Waals surface area contributed by atoms with Gasteiger partial charge >= 0.3 is 0 Å². The Bertz CT molecular complexity index is 352. The van der Waals surface area contributed by atoms with Crippen LogP contribution < -0.4 is 5.32 Å². The van der Waals surface area contributed by atoms with E-state index >= 15 is 0 Å². The van der Waals surface area contributed by atoms with Crippen molar-refractivity contribution in [3.63, 3.8) is 0 Å². The summed E-state index contributed by atoms with van der Waals surface area (Å²) in [6.07, 6.45) is 0.0909. The maximum Gasteiger partial charge on any atom is 0.253 e. The van der Waals surface area contributed by atoms with E-state index in [0.29, 0.717) is 27.2 Å². The fraction of sp³-hybridized carbons (Fsp3) is 0.444. The second kappa shape index (κ2) is 5.70. The van der Waals surface area contributed by atoms with Crippen LogP contribution in [0.1, 0.15) is 23.7 Å². The first-order valence-corrected chi connectivity index (χ1v) is 5.99. The van der Waals surface area contributed by atoms with Crippen molar-refractivity contribution < 1.29 is 9.90 Å². The minimum atomic E-state index is -0.424. The second-order valence-corrected chi connectivity index (χ2v) is 5.42. The summed E-state index contributed by atoms with van der Waals surface area (Å²) in [7, 11) is 0. The number of aliphatic hydroxyl groups is 1. The molecule has 0 saturated carbocycles. The summed E-state index contributed by atoms with van der Waals surface area (Å²) in [6.45, 7) is 2.08. The summed E-state index contributed by atoms with van der Waals surface area (Å²) in [4.78, 5) is 11.5. The number of rotatable bonds is 4. The molecule has 6 heteroatoms. The van der Waals surface area contributed by atoms with Crippen molar-refractivity contribution in [3.8, 4) is 0 Å². The van der Waals surface area contributed by atoms with Crippen molar-refractivity contribution in [2.75, 3.05) is 6.54 Å². The van der Waals surface area contributed by atoms with Gasteiger partial charge in [-0.1, -0.05) is 23.2 Å². The molecule has 84 valence electrons. The Hall–Kier alpha value is -0.290. The van der Waals surface area contributed by atoms with Gasteiger partial charge in [0.15, 0.2) is 0 Å². The van der Waals surface area contributed by atoms with Crippen LogP contribution in [0.3, 0.4) is 0 Å². The third kappa shape index (κ3) is 3.99. The van der Waals surface area contributed by atoms with Gasteiger partial charge in [0.1, 0.15) is 4.34 Å². The predicted octanol–water partition coefficient (Wildman–Crippen LogP) is 2.56. The molecule has 15 heavy (non-hydrogen) atoms. The molecule has 1 amide bonds. The quantitative estimate of drug-likeness (QED) is 0.881. The van der Waals surface area contributed by atoms with Crippen LogP contribution in [-0.2, 0) is 0 Å². The summed E-state index contributed by atoms with van der Waals surface area (Å²) < 4.78 is 0.871. The van der Waals surface area contributed by atoms with E-state index < -0.39 is 6.10 Å². The summed E-state index contributed by atoms with van der Waals surface area (Å²) >= 11 is 12.7. The van der Waals surface area contributed by atoms with Gasteiger partial charge in [-0.2, -0.15) is 0 Å². The SMILES string of the molecule is CC(O)CCNC(=O)c1cc(Cl)sc1Cl. The van der Waals surface area contributed by atoms with Gasteiger partial charge < -0.3 is 10.4 Å². The van der Waals surface area contributed by atoms with Crippen LogP contribution in [0.4, 0.5) is 0 Å². The Morgan fingerprint density at radius 1 is 1.67 bits per heavy atom. The molecule has 3 nitrogen and oxygen atoms in total. The second-order valence-electron chi connectivity index (χ2n) is 3.13. The van der Waals surface area contributed by atoms with Gasteiger partial charge in [0.05, 0.1) is 16.0 Å². The molecule has 0 aliphatic heterocycles. The number of aliphatic hydroxyl groups excluding tert-OH is 1. The van der Waals surface area contributed by atoms with Gasteiger partial charge in [-0.05, 0) is 19.4 Å². The van der Waals surface area contributed by atoms with Crippen LogP contribution in [0, 0.1) is 0 Å². The smallest absolute Gasteiger partial charge is 0.253 e. The molecule has 1 rings (SSSR count). The van der Waals surface area contributed by atoms with Gasteiger partial charge in [-0.25, -0.2) is 0 Å². The molecule has 1 aromatic rings. The van der Waals surface area contributed by atoms with Gasteiger partial charge in [0, 0.05) is 6.54 Å². The molecule has 0 aliphatic carbocycles. The summed E-state index contributed by atoms with van der Waals surface area (Å²) in [5.74, 6) is -0.260. The zero-order chi connectivity index (χ0) is 11.4. The van der Waals surface area contributed by atoms with E-state index in [4.69, 9.17) is 28.3 Å². The molecule has 1 atom stereocenters. The number of halogens is 2. The molecule has 1 unspecified atom stereocenters. The van der Waals surface area contributed by atoms with Crippen molar-refractivity contribution in [1.82, 2.24) is 5.32 Å². The molecule has 0 radical (unpaired) electrons. The highest BCUT2D eigenvalue weighted by atomic mass is 35.5. The summed E-state index contributed by atoms with van der Waals surface area (Å²) in [5.41, 5.74) is 0.386. The normalized spacial score (nSPS) is 12.5. The first-order chi connectivity index (χ1) is 7.00. The minimum absolute atomic E-state index is 0.260. The molecule has 0 bridgehead atoms. The van der Waals surface area contributed by atoms with Crippen LogP contribution in [0.5, 0.6) is 0 Å². The lowest BCUT2D eigenvalue weighted by Gasteiger charge is -2.05. The zero-order valence-corrected chi connectivity index (χ0v) is 10.4. The van der Waals surface area contributed by atoms with Crippen molar-refractivity contribution in [3.05, 3.63) is 20.3 Å². The molecule has 1 aromatic heterocycles. The fourth-order valence-electron chi connectivity index (χ4n) is 0.985. The van der Waals surface area contributed by atoms with Crippen LogP contribution >= 0.6 is 34.5 Å². The predicted molar refractivity (Wildman–Crippen MR) is 63.0 cm³/mol. The highest BCUT2D eigenvalue weighted by Crippen LogP contribution is 2.30. The Morgan fingerprint density at radius 2 is 2.33 bits per heavy atom. The summed E-state index contributed by atoms with van der Waals surface area (Å²) in [5, 5.41) is 11.6. The fourth-order valence-corrected chi connectivity index (χ4v) is 2.44. The lowest BCUT2D eigenvalue weighted by molar-refractivity contribution is 0.0946. The minimum Gasteiger partial charge on any atom is -0.393 e. The van der Waals surface area contributed by atoms with E-state index in [9.17, 15) is 4.79 Å². The molecule has 0 aliphatic rings. The Balaban J connectivity index is 2.50. The molecule has 1 heterocycles. The Morgan fingerprint density at radius 3 is 2.80 bits per heavy atom. The highest BCUT2D eigenvalue weighted by Gasteiger charge is 2.13. The van der Waals surface area contributed by atoms with Crippen molar-refractivity contribution in [2.45, 2.75) is 19.4 Å². The van der Waals surface area contributed by atoms with Crippen molar-refractivity contribution >= 4 is 40.4 Å². The zero-order valence-electron chi connectivity index (χ0n) is 8.09. The van der Waals surface area contributed by atoms with Crippen LogP contribution in [0.15, 0.2) is 6.07 Å². The molecule has 2 N–H and O–H groups in total. The number of hydrogen-bond acceptors (Lipinski definition) is 3. The van der Waals surface area contributed by atoms with E-state index in [-0.39, 0.29) is 5.91 Å². The Labute approximate surface area is 102 Å². The third-order valence-electron chi connectivity index (χ3n) is 1.75. The number of nitrogens with one attached hydrogen (secondary N) is 1. The monoisotopic (exact) mass is 267 g/mol. The number of carbonyl (C=O) groups is 1. The lowest BCUT2D eigenvalue weighted by Crippen LogP contribution is -2.26. The van der Waals surface area contributed by atoms with Gasteiger partial charge in [-0.15, -0.1) is 11.3 Å². The number of thiophene rings is 1. The number of carbonyl (C=O) groups excluding carboxylic acids is 1. The van der Waals surface area contributed by atoms with E-state index in [0.717, 1.165) is 11.3 Å². The molecular weight excluding hydrogens is 257 g/mol. The highest BCUT2D eigenvalue weighted by molar-refractivity contribution is 7.20. The van der Waals surface area contributed by atoms with Gasteiger partial charge in [0.2, 0.25) is 0 Å². The van der Waals surface area contributed by atoms with Crippen LogP contribution in [0.2, 0.25) is 8.67 Å². The molecular formula is C9H11Cl2NO2S. The first kappa shape index (κ1) is 12.8. The van der Waals surface area contributed by atoms with Crippen LogP contribution in [0.25, 0.3) is 0 Å². The number of amides is 1. The summed E-state index contributed by atoms with van der Waals surface area (Å²) in [6, 6.07) is 1.53. The van der Waals surface area contributed by atoms with Gasteiger partial charge in [0.25, 0.3) is 5.91 Å². The first-order valence-electron chi connectivity index (χ1n) is 4.42. The molecule has 0 fully saturated rings.